The van der Waals surface area contributed by atoms with Crippen LogP contribution in [-0.4, -0.2) is 18.8 Å². The van der Waals surface area contributed by atoms with Crippen molar-refractivity contribution >= 4 is 13.9 Å². The number of hydrogen-bond donors (Lipinski definition) is 1. The lowest BCUT2D eigenvalue weighted by molar-refractivity contribution is -0.124. The highest BCUT2D eigenvalue weighted by atomic mass is 31.1. The first kappa shape index (κ1) is 14.5. The molecule has 1 N–H and O–H groups in total. The summed E-state index contributed by atoms with van der Waals surface area (Å²) >= 11 is 0. The Morgan fingerprint density at radius 1 is 1.40 bits per heavy atom. The Morgan fingerprint density at radius 2 is 2.00 bits per heavy atom. The van der Waals surface area contributed by atoms with Gasteiger partial charge < -0.3 is 5.32 Å². The van der Waals surface area contributed by atoms with Gasteiger partial charge in [-0.3, -0.25) is 4.79 Å². The fraction of sp³-hybridized carbons (Fsp3) is 0.900. The Morgan fingerprint density at radius 3 is 2.47 bits per heavy atom. The fourth-order valence-electron chi connectivity index (χ4n) is 1.32. The summed E-state index contributed by atoms with van der Waals surface area (Å²) in [5, 5.41) is 2.62. The summed E-state index contributed by atoms with van der Waals surface area (Å²) in [5.41, 5.74) is 0. The summed E-state index contributed by atoms with van der Waals surface area (Å²) in [6.45, 7) is 8.21. The first-order chi connectivity index (χ1) is 6.97. The van der Waals surface area contributed by atoms with Crippen LogP contribution in [0.3, 0.4) is 0 Å². The van der Waals surface area contributed by atoms with Crippen LogP contribution in [-0.2, 0) is 13.9 Å². The first-order valence-corrected chi connectivity index (χ1v) is 6.68. The summed E-state index contributed by atoms with van der Waals surface area (Å²) in [6.07, 6.45) is 0.960. The van der Waals surface area contributed by atoms with Crippen molar-refractivity contribution < 1.29 is 13.9 Å². The number of hydrogen-bond acceptors (Lipinski definition) is 3. The molecule has 0 heterocycles. The molecule has 1 unspecified atom stereocenters. The Hall–Kier alpha value is -0.470. The maximum absolute atomic E-state index is 11.5. The monoisotopic (exact) mass is 234 g/mol. The minimum absolute atomic E-state index is 0.0324. The maximum atomic E-state index is 11.5. The second-order valence-electron chi connectivity index (χ2n) is 3.98. The van der Waals surface area contributed by atoms with Crippen LogP contribution in [0.1, 0.15) is 34.1 Å². The van der Waals surface area contributed by atoms with Crippen LogP contribution in [0.4, 0.5) is 0 Å². The molecule has 15 heavy (non-hydrogen) atoms. The Labute approximate surface area is 92.6 Å². The number of nitrogens with one attached hydrogen (secondary N) is 1. The van der Waals surface area contributed by atoms with Crippen molar-refractivity contribution in [2.24, 2.45) is 11.8 Å². The van der Waals surface area contributed by atoms with Gasteiger partial charge in [-0.25, -0.2) is 0 Å². The average molecular weight is 234 g/mol. The third-order valence-corrected chi connectivity index (χ3v) is 2.89. The summed E-state index contributed by atoms with van der Waals surface area (Å²) in [4.78, 5) is 11.5. The van der Waals surface area contributed by atoms with Crippen molar-refractivity contribution in [1.29, 1.82) is 0 Å². The van der Waals surface area contributed by atoms with E-state index in [0.29, 0.717) is 12.5 Å². The molecule has 0 aromatic carbocycles. The number of amides is 1. The summed E-state index contributed by atoms with van der Waals surface area (Å²) in [5.74, 6) is 0.410. The molecule has 0 aliphatic heterocycles. The van der Waals surface area contributed by atoms with E-state index in [1.807, 2.05) is 6.92 Å². The SMILES string of the molecule is CCO[P+](=O)CNC(=O)[C@@H](C)CC(C)C. The summed E-state index contributed by atoms with van der Waals surface area (Å²) in [7, 11) is -1.74. The summed E-state index contributed by atoms with van der Waals surface area (Å²) < 4.78 is 16.0. The zero-order valence-corrected chi connectivity index (χ0v) is 10.8. The second kappa shape index (κ2) is 7.77. The van der Waals surface area contributed by atoms with E-state index in [1.165, 1.54) is 0 Å². The van der Waals surface area contributed by atoms with E-state index in [2.05, 4.69) is 19.2 Å². The Bertz CT molecular complexity index is 219. The van der Waals surface area contributed by atoms with Crippen LogP contribution >= 0.6 is 8.03 Å². The molecule has 0 fully saturated rings. The molecule has 0 spiro atoms. The highest BCUT2D eigenvalue weighted by molar-refractivity contribution is 7.39. The maximum Gasteiger partial charge on any atom is 0.529 e. The van der Waals surface area contributed by atoms with Gasteiger partial charge in [0.25, 0.3) is 0 Å². The topological polar surface area (TPSA) is 55.4 Å². The zero-order valence-electron chi connectivity index (χ0n) is 9.95. The molecule has 0 bridgehead atoms. The highest BCUT2D eigenvalue weighted by Gasteiger charge is 2.20. The minimum Gasteiger partial charge on any atom is -0.312 e. The van der Waals surface area contributed by atoms with Gasteiger partial charge in [-0.1, -0.05) is 20.8 Å². The smallest absolute Gasteiger partial charge is 0.312 e. The molecule has 0 radical (unpaired) electrons. The third kappa shape index (κ3) is 7.46. The standard InChI is InChI=1S/C10H20NO3P/c1-5-14-15(13)7-11-10(12)9(4)6-8(2)3/h8-9H,5-7H2,1-4H3/p+1/t9-/m0/s1. The molecule has 5 heteroatoms. The van der Waals surface area contributed by atoms with Crippen molar-refractivity contribution in [2.75, 3.05) is 12.9 Å². The molecule has 0 aromatic heterocycles. The van der Waals surface area contributed by atoms with E-state index in [4.69, 9.17) is 4.52 Å². The van der Waals surface area contributed by atoms with Crippen LogP contribution < -0.4 is 5.32 Å². The van der Waals surface area contributed by atoms with E-state index in [0.717, 1.165) is 6.42 Å². The zero-order chi connectivity index (χ0) is 11.8. The molecular formula is C10H21NO3P+. The van der Waals surface area contributed by atoms with Crippen molar-refractivity contribution in [3.63, 3.8) is 0 Å². The van der Waals surface area contributed by atoms with Gasteiger partial charge >= 0.3 is 8.03 Å². The number of rotatable bonds is 7. The van der Waals surface area contributed by atoms with Crippen LogP contribution in [0.25, 0.3) is 0 Å². The van der Waals surface area contributed by atoms with Gasteiger partial charge in [0.15, 0.2) is 0 Å². The molecule has 0 aromatic rings. The van der Waals surface area contributed by atoms with Gasteiger partial charge in [0, 0.05) is 5.92 Å². The van der Waals surface area contributed by atoms with Gasteiger partial charge in [0.05, 0.1) is 6.61 Å². The molecule has 88 valence electrons. The minimum atomic E-state index is -1.74. The van der Waals surface area contributed by atoms with E-state index in [9.17, 15) is 9.36 Å². The third-order valence-electron chi connectivity index (χ3n) is 1.93. The second-order valence-corrected chi connectivity index (χ2v) is 5.22. The Kier molecular flexibility index (Phi) is 7.53. The average Bonchev–Trinajstić information content (AvgIpc) is 2.13. The molecule has 1 amide bonds. The predicted octanol–water partition coefficient (Wildman–Crippen LogP) is 2.52. The number of carbonyl (C=O) groups is 1. The predicted molar refractivity (Wildman–Crippen MR) is 60.9 cm³/mol. The highest BCUT2D eigenvalue weighted by Crippen LogP contribution is 2.19. The summed E-state index contributed by atoms with van der Waals surface area (Å²) in [6, 6.07) is 0. The fourth-order valence-corrected chi connectivity index (χ4v) is 1.98. The van der Waals surface area contributed by atoms with Gasteiger partial charge in [-0.05, 0) is 23.8 Å². The normalized spacial score (nSPS) is 13.8. The quantitative estimate of drug-likeness (QED) is 0.688. The lowest BCUT2D eigenvalue weighted by Crippen LogP contribution is -2.29. The molecule has 0 saturated carbocycles. The first-order valence-electron chi connectivity index (χ1n) is 5.32. The molecular weight excluding hydrogens is 213 g/mol. The van der Waals surface area contributed by atoms with E-state index >= 15 is 0 Å². The molecule has 0 aliphatic rings. The number of carbonyl (C=O) groups excluding carboxylic acids is 1. The van der Waals surface area contributed by atoms with E-state index in [-0.39, 0.29) is 18.1 Å². The lowest BCUT2D eigenvalue weighted by atomic mass is 9.98. The van der Waals surface area contributed by atoms with Gasteiger partial charge in [-0.15, -0.1) is 4.52 Å². The van der Waals surface area contributed by atoms with Crippen LogP contribution in [0.5, 0.6) is 0 Å². The largest absolute Gasteiger partial charge is 0.529 e. The van der Waals surface area contributed by atoms with E-state index in [1.54, 1.807) is 6.92 Å². The van der Waals surface area contributed by atoms with Gasteiger partial charge in [0.2, 0.25) is 12.2 Å². The van der Waals surface area contributed by atoms with Crippen LogP contribution in [0.15, 0.2) is 0 Å². The molecule has 0 rings (SSSR count). The molecule has 2 atom stereocenters. The van der Waals surface area contributed by atoms with Crippen molar-refractivity contribution in [3.8, 4) is 0 Å². The van der Waals surface area contributed by atoms with Crippen molar-refractivity contribution in [1.82, 2.24) is 5.32 Å². The van der Waals surface area contributed by atoms with Crippen molar-refractivity contribution in [3.05, 3.63) is 0 Å². The van der Waals surface area contributed by atoms with Crippen LogP contribution in [0, 0.1) is 11.8 Å². The molecule has 0 saturated heterocycles. The van der Waals surface area contributed by atoms with E-state index < -0.39 is 8.03 Å². The lowest BCUT2D eigenvalue weighted by Gasteiger charge is -2.11. The van der Waals surface area contributed by atoms with Crippen molar-refractivity contribution in [2.45, 2.75) is 34.1 Å². The Balaban J connectivity index is 3.78. The molecule has 0 aliphatic carbocycles. The van der Waals surface area contributed by atoms with Gasteiger partial charge in [0.1, 0.15) is 0 Å². The molecule has 4 nitrogen and oxygen atoms in total. The van der Waals surface area contributed by atoms with Crippen LogP contribution in [0.2, 0.25) is 0 Å². The van der Waals surface area contributed by atoms with Gasteiger partial charge in [-0.2, -0.15) is 0 Å².